The molecule has 0 unspecified atom stereocenters. The van der Waals surface area contributed by atoms with Crippen molar-refractivity contribution in [3.63, 3.8) is 0 Å². The molecule has 8 nitrogen and oxygen atoms in total. The molecule has 0 aliphatic carbocycles. The standard InChI is InChI=1S/C28H30BrN3O5/c1-36-26(34)18-31-27(21-11-6-3-7-12-21)23-17-22(29)14-15-24(23)32-25(33)13-8-16-30-28(35)37-19-20-9-4-2-5-10-20/h2-7,9-12,14-15,17,27,31H,8,13,16,18-19H2,1H3,(H,30,35)(H,32,33)/t27-/m1/s1. The molecule has 0 fully saturated rings. The first-order valence-corrected chi connectivity index (χ1v) is 12.6. The Balaban J connectivity index is 1.57. The third-order valence-electron chi connectivity index (χ3n) is 5.47. The molecule has 9 heteroatoms. The number of methoxy groups -OCH3 is 1. The summed E-state index contributed by atoms with van der Waals surface area (Å²) < 4.78 is 10.8. The largest absolute Gasteiger partial charge is 0.468 e. The van der Waals surface area contributed by atoms with Crippen LogP contribution < -0.4 is 16.0 Å². The van der Waals surface area contributed by atoms with Gasteiger partial charge in [0.25, 0.3) is 0 Å². The maximum absolute atomic E-state index is 12.7. The van der Waals surface area contributed by atoms with Gasteiger partial charge in [-0.15, -0.1) is 0 Å². The fraction of sp³-hybridized carbons (Fsp3) is 0.250. The minimum Gasteiger partial charge on any atom is -0.468 e. The van der Waals surface area contributed by atoms with E-state index in [1.54, 1.807) is 0 Å². The first-order chi connectivity index (χ1) is 18.0. The number of hydrogen-bond donors (Lipinski definition) is 3. The van der Waals surface area contributed by atoms with E-state index in [2.05, 4.69) is 31.9 Å². The number of amides is 2. The van der Waals surface area contributed by atoms with E-state index >= 15 is 0 Å². The molecule has 0 aliphatic rings. The monoisotopic (exact) mass is 567 g/mol. The molecule has 3 aromatic rings. The van der Waals surface area contributed by atoms with Crippen LogP contribution in [0.4, 0.5) is 10.5 Å². The maximum atomic E-state index is 12.7. The van der Waals surface area contributed by atoms with Gasteiger partial charge in [0.2, 0.25) is 5.91 Å². The van der Waals surface area contributed by atoms with Crippen molar-refractivity contribution < 1.29 is 23.9 Å². The van der Waals surface area contributed by atoms with Crippen molar-refractivity contribution in [2.75, 3.05) is 25.5 Å². The number of halogens is 1. The Morgan fingerprint density at radius 1 is 0.946 bits per heavy atom. The number of rotatable bonds is 12. The van der Waals surface area contributed by atoms with Crippen LogP contribution in [0.25, 0.3) is 0 Å². The van der Waals surface area contributed by atoms with Crippen LogP contribution in [0, 0.1) is 0 Å². The van der Waals surface area contributed by atoms with Gasteiger partial charge < -0.3 is 20.1 Å². The third-order valence-corrected chi connectivity index (χ3v) is 5.97. The number of carbonyl (C=O) groups excluding carboxylic acids is 3. The summed E-state index contributed by atoms with van der Waals surface area (Å²) in [5.74, 6) is -0.584. The van der Waals surface area contributed by atoms with Gasteiger partial charge in [-0.05, 0) is 41.3 Å². The molecule has 3 N–H and O–H groups in total. The zero-order valence-electron chi connectivity index (χ0n) is 20.5. The van der Waals surface area contributed by atoms with Crippen LogP contribution in [-0.2, 0) is 25.7 Å². The van der Waals surface area contributed by atoms with Gasteiger partial charge in [0, 0.05) is 23.1 Å². The van der Waals surface area contributed by atoms with E-state index in [-0.39, 0.29) is 31.5 Å². The maximum Gasteiger partial charge on any atom is 0.407 e. The van der Waals surface area contributed by atoms with Crippen LogP contribution in [0.15, 0.2) is 83.3 Å². The topological polar surface area (TPSA) is 106 Å². The Morgan fingerprint density at radius 2 is 1.65 bits per heavy atom. The van der Waals surface area contributed by atoms with Crippen molar-refractivity contribution in [2.24, 2.45) is 0 Å². The second-order valence-electron chi connectivity index (χ2n) is 8.17. The van der Waals surface area contributed by atoms with Gasteiger partial charge in [0.05, 0.1) is 19.7 Å². The molecule has 0 aliphatic heterocycles. The van der Waals surface area contributed by atoms with Gasteiger partial charge in [0.15, 0.2) is 0 Å². The van der Waals surface area contributed by atoms with Crippen molar-refractivity contribution in [1.82, 2.24) is 10.6 Å². The molecule has 0 bridgehead atoms. The molecule has 0 radical (unpaired) electrons. The molecule has 2 amide bonds. The fourth-order valence-electron chi connectivity index (χ4n) is 3.62. The van der Waals surface area contributed by atoms with Crippen molar-refractivity contribution in [3.8, 4) is 0 Å². The lowest BCUT2D eigenvalue weighted by Crippen LogP contribution is -2.30. The lowest BCUT2D eigenvalue weighted by Gasteiger charge is -2.23. The lowest BCUT2D eigenvalue weighted by molar-refractivity contribution is -0.139. The molecule has 1 atom stereocenters. The van der Waals surface area contributed by atoms with E-state index in [0.717, 1.165) is 21.2 Å². The first kappa shape index (κ1) is 27.9. The number of anilines is 1. The Labute approximate surface area is 224 Å². The Hall–Kier alpha value is -3.69. The van der Waals surface area contributed by atoms with Crippen LogP contribution in [0.1, 0.15) is 35.6 Å². The van der Waals surface area contributed by atoms with Gasteiger partial charge >= 0.3 is 12.1 Å². The average Bonchev–Trinajstić information content (AvgIpc) is 2.92. The van der Waals surface area contributed by atoms with E-state index in [4.69, 9.17) is 9.47 Å². The second kappa shape index (κ2) is 14.8. The summed E-state index contributed by atoms with van der Waals surface area (Å²) in [6.45, 7) is 0.496. The number of carbonyl (C=O) groups is 3. The smallest absolute Gasteiger partial charge is 0.407 e. The van der Waals surface area contributed by atoms with E-state index in [9.17, 15) is 14.4 Å². The quantitative estimate of drug-likeness (QED) is 0.211. The zero-order valence-corrected chi connectivity index (χ0v) is 22.1. The van der Waals surface area contributed by atoms with Crippen molar-refractivity contribution >= 4 is 39.6 Å². The Bertz CT molecular complexity index is 1170. The summed E-state index contributed by atoms with van der Waals surface area (Å²) in [6, 6.07) is 24.2. The number of benzene rings is 3. The summed E-state index contributed by atoms with van der Waals surface area (Å²) in [6.07, 6.45) is 0.128. The minimum atomic E-state index is -0.526. The number of esters is 1. The Kier molecular flexibility index (Phi) is 11.1. The number of nitrogens with one attached hydrogen (secondary N) is 3. The van der Waals surface area contributed by atoms with Crippen molar-refractivity contribution in [1.29, 1.82) is 0 Å². The molecule has 194 valence electrons. The summed E-state index contributed by atoms with van der Waals surface area (Å²) >= 11 is 3.51. The molecular formula is C28H30BrN3O5. The SMILES string of the molecule is COC(=O)CN[C@H](c1ccccc1)c1cc(Br)ccc1NC(=O)CCCNC(=O)OCc1ccccc1. The highest BCUT2D eigenvalue weighted by Gasteiger charge is 2.20. The predicted molar refractivity (Wildman–Crippen MR) is 145 cm³/mol. The highest BCUT2D eigenvalue weighted by Crippen LogP contribution is 2.31. The number of hydrogen-bond acceptors (Lipinski definition) is 6. The van der Waals surface area contributed by atoms with Gasteiger partial charge in [-0.3, -0.25) is 14.9 Å². The first-order valence-electron chi connectivity index (χ1n) is 11.8. The lowest BCUT2D eigenvalue weighted by atomic mass is 9.97. The van der Waals surface area contributed by atoms with Gasteiger partial charge in [0.1, 0.15) is 6.61 Å². The average molecular weight is 568 g/mol. The number of alkyl carbamates (subject to hydrolysis) is 1. The summed E-state index contributed by atoms with van der Waals surface area (Å²) in [4.78, 5) is 36.4. The molecule has 0 saturated carbocycles. The van der Waals surface area contributed by atoms with Crippen LogP contribution in [0.2, 0.25) is 0 Å². The predicted octanol–water partition coefficient (Wildman–Crippen LogP) is 4.95. The number of ether oxygens (including phenoxy) is 2. The van der Waals surface area contributed by atoms with Crippen molar-refractivity contribution in [3.05, 3.63) is 100 Å². The minimum absolute atomic E-state index is 0.00199. The third kappa shape index (κ3) is 9.36. The van der Waals surface area contributed by atoms with Gasteiger partial charge in [-0.1, -0.05) is 76.6 Å². The van der Waals surface area contributed by atoms with E-state index in [0.29, 0.717) is 18.7 Å². The van der Waals surface area contributed by atoms with Gasteiger partial charge in [-0.2, -0.15) is 0 Å². The van der Waals surface area contributed by atoms with Crippen molar-refractivity contribution in [2.45, 2.75) is 25.5 Å². The summed E-state index contributed by atoms with van der Waals surface area (Å²) in [5, 5.41) is 8.85. The summed E-state index contributed by atoms with van der Waals surface area (Å²) in [5.41, 5.74) is 3.24. The van der Waals surface area contributed by atoms with E-state index in [1.165, 1.54) is 7.11 Å². The van der Waals surface area contributed by atoms with Crippen LogP contribution >= 0.6 is 15.9 Å². The molecular weight excluding hydrogens is 538 g/mol. The molecule has 3 aromatic carbocycles. The molecule has 0 saturated heterocycles. The molecule has 0 aromatic heterocycles. The highest BCUT2D eigenvalue weighted by molar-refractivity contribution is 9.10. The normalized spacial score (nSPS) is 11.3. The van der Waals surface area contributed by atoms with E-state index in [1.807, 2.05) is 78.9 Å². The van der Waals surface area contributed by atoms with Crippen LogP contribution in [0.3, 0.4) is 0 Å². The second-order valence-corrected chi connectivity index (χ2v) is 9.09. The fourth-order valence-corrected chi connectivity index (χ4v) is 4.00. The zero-order chi connectivity index (χ0) is 26.5. The highest BCUT2D eigenvalue weighted by atomic mass is 79.9. The Morgan fingerprint density at radius 3 is 2.35 bits per heavy atom. The van der Waals surface area contributed by atoms with E-state index < -0.39 is 12.1 Å². The van der Waals surface area contributed by atoms with Crippen LogP contribution in [-0.4, -0.2) is 38.2 Å². The molecule has 0 heterocycles. The molecule has 0 spiro atoms. The van der Waals surface area contributed by atoms with Crippen LogP contribution in [0.5, 0.6) is 0 Å². The summed E-state index contributed by atoms with van der Waals surface area (Å²) in [7, 11) is 1.34. The van der Waals surface area contributed by atoms with Gasteiger partial charge in [-0.25, -0.2) is 4.79 Å². The molecule has 37 heavy (non-hydrogen) atoms. The molecule has 3 rings (SSSR count).